The summed E-state index contributed by atoms with van der Waals surface area (Å²) < 4.78 is 0. The number of nitro groups is 1. The molecule has 1 aliphatic heterocycles. The number of nitrogens with zero attached hydrogens (tertiary/aromatic N) is 2. The van der Waals surface area contributed by atoms with Crippen LogP contribution < -0.4 is 5.32 Å². The molecule has 2 rings (SSSR count). The largest absolute Gasteiger partial charge is 0.342 e. The number of nitrogens with one attached hydrogen (secondary N) is 1. The number of hydrogen-bond acceptors (Lipinski definition) is 5. The van der Waals surface area contributed by atoms with Crippen LogP contribution in [0.2, 0.25) is 0 Å². The second-order valence-electron chi connectivity index (χ2n) is 5.76. The molecule has 1 aromatic carbocycles. The van der Waals surface area contributed by atoms with Crippen LogP contribution in [0.5, 0.6) is 0 Å². The van der Waals surface area contributed by atoms with Gasteiger partial charge >= 0.3 is 0 Å². The zero-order valence-corrected chi connectivity index (χ0v) is 15.4. The first-order valence-electron chi connectivity index (χ1n) is 7.89. The first-order chi connectivity index (χ1) is 11.1. The molecule has 0 unspecified atom stereocenters. The number of carbonyl (C=O) groups excluding carboxylic acids is 1. The molecule has 0 atom stereocenters. The number of nitro benzene ring substituents is 1. The summed E-state index contributed by atoms with van der Waals surface area (Å²) >= 11 is 1.43. The maximum atomic E-state index is 12.3. The third kappa shape index (κ3) is 6.30. The quantitative estimate of drug-likeness (QED) is 0.451. The van der Waals surface area contributed by atoms with Gasteiger partial charge in [-0.3, -0.25) is 14.9 Å². The van der Waals surface area contributed by atoms with Gasteiger partial charge in [-0.25, -0.2) is 0 Å². The molecule has 8 heteroatoms. The van der Waals surface area contributed by atoms with Crippen molar-refractivity contribution in [2.75, 3.05) is 32.4 Å². The molecule has 1 aromatic rings. The molecule has 0 bridgehead atoms. The summed E-state index contributed by atoms with van der Waals surface area (Å²) in [6, 6.07) is 6.33. The molecule has 6 nitrogen and oxygen atoms in total. The molecule has 1 fully saturated rings. The van der Waals surface area contributed by atoms with Gasteiger partial charge in [0.2, 0.25) is 5.91 Å². The normalized spacial score (nSPS) is 15.0. The van der Waals surface area contributed by atoms with Crippen molar-refractivity contribution < 1.29 is 9.72 Å². The SMILES string of the molecule is CNCCC1CCN(C(=O)CSc2ccc([N+](=O)[O-])cc2)CC1.Cl. The fourth-order valence-corrected chi connectivity index (χ4v) is 3.52. The highest BCUT2D eigenvalue weighted by Gasteiger charge is 2.22. The predicted molar refractivity (Wildman–Crippen MR) is 98.9 cm³/mol. The number of carbonyl (C=O) groups is 1. The average molecular weight is 374 g/mol. The Labute approximate surface area is 152 Å². The summed E-state index contributed by atoms with van der Waals surface area (Å²) in [5.41, 5.74) is 0.0734. The lowest BCUT2D eigenvalue weighted by Crippen LogP contribution is -2.39. The van der Waals surface area contributed by atoms with Crippen LogP contribution in [0.1, 0.15) is 19.3 Å². The van der Waals surface area contributed by atoms with E-state index in [-0.39, 0.29) is 24.0 Å². The number of non-ortho nitro benzene ring substituents is 1. The predicted octanol–water partition coefficient (Wildman–Crippen LogP) is 2.96. The van der Waals surface area contributed by atoms with Gasteiger partial charge in [0.25, 0.3) is 5.69 Å². The van der Waals surface area contributed by atoms with Crippen molar-refractivity contribution in [1.29, 1.82) is 0 Å². The Bertz CT molecular complexity index is 534. The van der Waals surface area contributed by atoms with Crippen molar-refractivity contribution in [3.05, 3.63) is 34.4 Å². The highest BCUT2D eigenvalue weighted by Crippen LogP contribution is 2.24. The summed E-state index contributed by atoms with van der Waals surface area (Å²) in [4.78, 5) is 25.3. The molecule has 0 radical (unpaired) electrons. The molecule has 0 aromatic heterocycles. The van der Waals surface area contributed by atoms with E-state index >= 15 is 0 Å². The second-order valence-corrected chi connectivity index (χ2v) is 6.80. The molecule has 134 valence electrons. The third-order valence-corrected chi connectivity index (χ3v) is 5.18. The molecule has 1 saturated heterocycles. The Morgan fingerprint density at radius 3 is 2.50 bits per heavy atom. The molecule has 1 N–H and O–H groups in total. The van der Waals surface area contributed by atoms with E-state index in [9.17, 15) is 14.9 Å². The van der Waals surface area contributed by atoms with Gasteiger partial charge in [-0.15, -0.1) is 24.2 Å². The Morgan fingerprint density at radius 1 is 1.33 bits per heavy atom. The summed E-state index contributed by atoms with van der Waals surface area (Å²) in [7, 11) is 1.97. The maximum absolute atomic E-state index is 12.3. The van der Waals surface area contributed by atoms with E-state index in [0.29, 0.717) is 11.7 Å². The zero-order chi connectivity index (χ0) is 16.7. The molecule has 0 aliphatic carbocycles. The van der Waals surface area contributed by atoms with Crippen molar-refractivity contribution in [1.82, 2.24) is 10.2 Å². The minimum atomic E-state index is -0.419. The fraction of sp³-hybridized carbons (Fsp3) is 0.562. The highest BCUT2D eigenvalue weighted by atomic mass is 35.5. The lowest BCUT2D eigenvalue weighted by molar-refractivity contribution is -0.384. The molecular weight excluding hydrogens is 350 g/mol. The van der Waals surface area contributed by atoms with E-state index in [1.165, 1.54) is 30.3 Å². The van der Waals surface area contributed by atoms with E-state index in [2.05, 4.69) is 5.32 Å². The topological polar surface area (TPSA) is 75.5 Å². The fourth-order valence-electron chi connectivity index (χ4n) is 2.72. The second kappa shape index (κ2) is 10.5. The maximum Gasteiger partial charge on any atom is 0.269 e. The number of amides is 1. The van der Waals surface area contributed by atoms with Crippen molar-refractivity contribution in [2.24, 2.45) is 5.92 Å². The Kier molecular flexibility index (Phi) is 9.10. The molecule has 1 aliphatic rings. The van der Waals surface area contributed by atoms with Crippen LogP contribution in [0.25, 0.3) is 0 Å². The number of piperidine rings is 1. The zero-order valence-electron chi connectivity index (χ0n) is 13.8. The summed E-state index contributed by atoms with van der Waals surface area (Å²) in [5.74, 6) is 1.26. The summed E-state index contributed by atoms with van der Waals surface area (Å²) in [5, 5.41) is 13.8. The van der Waals surface area contributed by atoms with Gasteiger partial charge in [0.1, 0.15) is 0 Å². The van der Waals surface area contributed by atoms with Gasteiger partial charge in [0.15, 0.2) is 0 Å². The Morgan fingerprint density at radius 2 is 1.96 bits per heavy atom. The lowest BCUT2D eigenvalue weighted by atomic mass is 9.93. The summed E-state index contributed by atoms with van der Waals surface area (Å²) in [6.45, 7) is 2.72. The molecular formula is C16H24ClN3O3S. The molecule has 1 amide bonds. The van der Waals surface area contributed by atoms with Crippen LogP contribution in [0.3, 0.4) is 0 Å². The van der Waals surface area contributed by atoms with Gasteiger partial charge < -0.3 is 10.2 Å². The standard InChI is InChI=1S/C16H23N3O3S.ClH/c1-17-9-6-13-7-10-18(11-8-13)16(20)12-23-15-4-2-14(3-5-15)19(21)22;/h2-5,13,17H,6-12H2,1H3;1H. The molecule has 0 spiro atoms. The van der Waals surface area contributed by atoms with Crippen LogP contribution in [-0.4, -0.2) is 48.2 Å². The minimum absolute atomic E-state index is 0. The molecule has 0 saturated carbocycles. The van der Waals surface area contributed by atoms with Gasteiger partial charge in [0.05, 0.1) is 10.7 Å². The highest BCUT2D eigenvalue weighted by molar-refractivity contribution is 8.00. The number of halogens is 1. The lowest BCUT2D eigenvalue weighted by Gasteiger charge is -2.32. The van der Waals surface area contributed by atoms with Crippen molar-refractivity contribution >= 4 is 35.8 Å². The first-order valence-corrected chi connectivity index (χ1v) is 8.88. The van der Waals surface area contributed by atoms with Crippen molar-refractivity contribution in [3.63, 3.8) is 0 Å². The number of hydrogen-bond donors (Lipinski definition) is 1. The van der Waals surface area contributed by atoms with Crippen LogP contribution >= 0.6 is 24.2 Å². The van der Waals surface area contributed by atoms with Crippen molar-refractivity contribution in [3.8, 4) is 0 Å². The first kappa shape index (κ1) is 20.7. The monoisotopic (exact) mass is 373 g/mol. The van der Waals surface area contributed by atoms with Gasteiger partial charge in [-0.1, -0.05) is 0 Å². The smallest absolute Gasteiger partial charge is 0.269 e. The third-order valence-electron chi connectivity index (χ3n) is 4.18. The van der Waals surface area contributed by atoms with Crippen molar-refractivity contribution in [2.45, 2.75) is 24.2 Å². The van der Waals surface area contributed by atoms with Gasteiger partial charge in [0, 0.05) is 30.1 Å². The molecule has 1 heterocycles. The van der Waals surface area contributed by atoms with Gasteiger partial charge in [-0.2, -0.15) is 0 Å². The Hall–Kier alpha value is -1.31. The van der Waals surface area contributed by atoms with E-state index in [1.54, 1.807) is 12.1 Å². The van der Waals surface area contributed by atoms with Gasteiger partial charge in [-0.05, 0) is 50.9 Å². The minimum Gasteiger partial charge on any atom is -0.342 e. The van der Waals surface area contributed by atoms with Crippen LogP contribution in [0, 0.1) is 16.0 Å². The number of rotatable bonds is 7. The average Bonchev–Trinajstić information content (AvgIpc) is 2.58. The van der Waals surface area contributed by atoms with E-state index in [0.717, 1.165) is 37.4 Å². The Balaban J connectivity index is 0.00000288. The van der Waals surface area contributed by atoms with E-state index < -0.39 is 4.92 Å². The van der Waals surface area contributed by atoms with Crippen LogP contribution in [0.15, 0.2) is 29.2 Å². The number of benzene rings is 1. The van der Waals surface area contributed by atoms with E-state index in [4.69, 9.17) is 0 Å². The molecule has 24 heavy (non-hydrogen) atoms. The number of likely N-dealkylation sites (tertiary alicyclic amines) is 1. The number of thioether (sulfide) groups is 1. The van der Waals surface area contributed by atoms with Crippen LogP contribution in [-0.2, 0) is 4.79 Å². The van der Waals surface area contributed by atoms with E-state index in [1.807, 2.05) is 11.9 Å². The summed E-state index contributed by atoms with van der Waals surface area (Å²) in [6.07, 6.45) is 3.33. The van der Waals surface area contributed by atoms with Crippen LogP contribution in [0.4, 0.5) is 5.69 Å².